The number of carbonyl (C=O) groups is 1. The Hall–Kier alpha value is -3.75. The average Bonchev–Trinajstić information content (AvgIpc) is 3.17. The van der Waals surface area contributed by atoms with E-state index in [4.69, 9.17) is 4.74 Å². The Bertz CT molecular complexity index is 1490. The molecule has 1 aromatic carbocycles. The molecular weight excluding hydrogens is 449 g/mol. The molecule has 4 aromatic rings. The van der Waals surface area contributed by atoms with Crippen LogP contribution in [0, 0.1) is 12.7 Å². The Morgan fingerprint density at radius 3 is 2.57 bits per heavy atom. The molecule has 8 nitrogen and oxygen atoms in total. The summed E-state index contributed by atoms with van der Waals surface area (Å²) >= 11 is 0. The van der Waals surface area contributed by atoms with Crippen LogP contribution in [0.5, 0.6) is 0 Å². The standard InChI is InChI=1S/C26H28FN5O3/c1-16-13-31-14-17(5-6-22(31)29-16)18-11-20(27)23-21(12-18)28-15-32(24(23)33)19-7-9-30(10-8-19)25(34)35-26(2,3)4/h5-6,11-15,19H,7-10H2,1-4H3. The van der Waals surface area contributed by atoms with Crippen molar-refractivity contribution in [1.82, 2.24) is 23.8 Å². The predicted octanol–water partition coefficient (Wildman–Crippen LogP) is 4.73. The number of likely N-dealkylation sites (tertiary alicyclic amines) is 1. The molecule has 9 heteroatoms. The van der Waals surface area contributed by atoms with Gasteiger partial charge in [0.1, 0.15) is 22.5 Å². The lowest BCUT2D eigenvalue weighted by molar-refractivity contribution is 0.0187. The zero-order valence-electron chi connectivity index (χ0n) is 20.3. The molecule has 182 valence electrons. The number of aromatic nitrogens is 4. The Balaban J connectivity index is 1.41. The van der Waals surface area contributed by atoms with Crippen molar-refractivity contribution < 1.29 is 13.9 Å². The van der Waals surface area contributed by atoms with Crippen molar-refractivity contribution in [3.63, 3.8) is 0 Å². The Morgan fingerprint density at radius 2 is 1.86 bits per heavy atom. The van der Waals surface area contributed by atoms with Crippen LogP contribution in [0.25, 0.3) is 27.7 Å². The molecule has 1 amide bonds. The summed E-state index contributed by atoms with van der Waals surface area (Å²) in [6, 6.07) is 6.71. The van der Waals surface area contributed by atoms with E-state index in [2.05, 4.69) is 9.97 Å². The summed E-state index contributed by atoms with van der Waals surface area (Å²) in [5.41, 5.74) is 2.49. The van der Waals surface area contributed by atoms with E-state index in [0.717, 1.165) is 16.9 Å². The number of amides is 1. The highest BCUT2D eigenvalue weighted by atomic mass is 19.1. The van der Waals surface area contributed by atoms with Gasteiger partial charge in [-0.05, 0) is 75.9 Å². The second kappa shape index (κ2) is 8.48. The van der Waals surface area contributed by atoms with Crippen LogP contribution in [0.15, 0.2) is 47.8 Å². The highest BCUT2D eigenvalue weighted by Crippen LogP contribution is 2.27. The summed E-state index contributed by atoms with van der Waals surface area (Å²) in [6.45, 7) is 8.32. The number of imidazole rings is 1. The number of rotatable bonds is 2. The lowest BCUT2D eigenvalue weighted by Crippen LogP contribution is -2.43. The van der Waals surface area contributed by atoms with Crippen molar-refractivity contribution in [3.8, 4) is 11.1 Å². The summed E-state index contributed by atoms with van der Waals surface area (Å²) in [6.07, 6.45) is 6.05. The van der Waals surface area contributed by atoms with E-state index in [1.165, 1.54) is 17.0 Å². The molecular formula is C26H28FN5O3. The van der Waals surface area contributed by atoms with Gasteiger partial charge in [0.15, 0.2) is 0 Å². The number of halogens is 1. The molecule has 0 aliphatic carbocycles. The number of fused-ring (bicyclic) bond motifs is 2. The van der Waals surface area contributed by atoms with Crippen molar-refractivity contribution >= 4 is 22.6 Å². The van der Waals surface area contributed by atoms with Gasteiger partial charge < -0.3 is 14.0 Å². The van der Waals surface area contributed by atoms with Gasteiger partial charge in [-0.3, -0.25) is 9.36 Å². The number of hydrogen-bond donors (Lipinski definition) is 0. The van der Waals surface area contributed by atoms with Gasteiger partial charge in [0.25, 0.3) is 5.56 Å². The number of ether oxygens (including phenoxy) is 1. The molecule has 1 aliphatic rings. The van der Waals surface area contributed by atoms with Gasteiger partial charge >= 0.3 is 6.09 Å². The molecule has 35 heavy (non-hydrogen) atoms. The van der Waals surface area contributed by atoms with Crippen LogP contribution in [0.2, 0.25) is 0 Å². The van der Waals surface area contributed by atoms with E-state index < -0.39 is 17.0 Å². The first-order valence-corrected chi connectivity index (χ1v) is 11.7. The van der Waals surface area contributed by atoms with Crippen LogP contribution in [-0.2, 0) is 4.74 Å². The average molecular weight is 478 g/mol. The van der Waals surface area contributed by atoms with Gasteiger partial charge in [-0.1, -0.05) is 0 Å². The first-order valence-electron chi connectivity index (χ1n) is 11.7. The van der Waals surface area contributed by atoms with Crippen LogP contribution < -0.4 is 5.56 Å². The number of benzene rings is 1. The van der Waals surface area contributed by atoms with E-state index in [9.17, 15) is 9.59 Å². The second-order valence-corrected chi connectivity index (χ2v) is 10.1. The maximum absolute atomic E-state index is 15.2. The summed E-state index contributed by atoms with van der Waals surface area (Å²) in [7, 11) is 0. The van der Waals surface area contributed by atoms with Crippen LogP contribution in [-0.4, -0.2) is 48.6 Å². The van der Waals surface area contributed by atoms with Crippen LogP contribution in [0.3, 0.4) is 0 Å². The maximum Gasteiger partial charge on any atom is 0.410 e. The van der Waals surface area contributed by atoms with Gasteiger partial charge in [0.05, 0.1) is 17.5 Å². The molecule has 0 saturated carbocycles. The second-order valence-electron chi connectivity index (χ2n) is 10.1. The first-order chi connectivity index (χ1) is 16.6. The number of carbonyl (C=O) groups excluding carboxylic acids is 1. The molecule has 5 rings (SSSR count). The molecule has 0 atom stereocenters. The summed E-state index contributed by atoms with van der Waals surface area (Å²) in [4.78, 5) is 36.1. The summed E-state index contributed by atoms with van der Waals surface area (Å²) < 4.78 is 24.1. The molecule has 0 bridgehead atoms. The van der Waals surface area contributed by atoms with Crippen molar-refractivity contribution in [2.45, 2.75) is 52.2 Å². The third-order valence-corrected chi connectivity index (χ3v) is 6.25. The smallest absolute Gasteiger partial charge is 0.410 e. The minimum Gasteiger partial charge on any atom is -0.444 e. The van der Waals surface area contributed by atoms with E-state index in [-0.39, 0.29) is 17.5 Å². The van der Waals surface area contributed by atoms with Gasteiger partial charge in [0, 0.05) is 31.5 Å². The lowest BCUT2D eigenvalue weighted by Gasteiger charge is -2.34. The third-order valence-electron chi connectivity index (χ3n) is 6.25. The molecule has 3 aromatic heterocycles. The first kappa shape index (κ1) is 23.0. The molecule has 1 aliphatic heterocycles. The van der Waals surface area contributed by atoms with Crippen molar-refractivity contribution in [1.29, 1.82) is 0 Å². The highest BCUT2D eigenvalue weighted by Gasteiger charge is 2.28. The molecule has 4 heterocycles. The Kier molecular flexibility index (Phi) is 5.57. The van der Waals surface area contributed by atoms with Crippen LogP contribution >= 0.6 is 0 Å². The van der Waals surface area contributed by atoms with E-state index >= 15 is 4.39 Å². The minimum absolute atomic E-state index is 0.0228. The molecule has 1 saturated heterocycles. The number of piperidine rings is 1. The molecule has 1 fully saturated rings. The van der Waals surface area contributed by atoms with E-state index in [0.29, 0.717) is 37.0 Å². The van der Waals surface area contributed by atoms with Gasteiger partial charge in [-0.25, -0.2) is 19.2 Å². The molecule has 0 N–H and O–H groups in total. The fraction of sp³-hybridized carbons (Fsp3) is 0.385. The normalized spacial score (nSPS) is 15.2. The fourth-order valence-electron chi connectivity index (χ4n) is 4.58. The van der Waals surface area contributed by atoms with Crippen molar-refractivity contribution in [2.24, 2.45) is 0 Å². The van der Waals surface area contributed by atoms with E-state index in [1.54, 1.807) is 11.0 Å². The summed E-state index contributed by atoms with van der Waals surface area (Å²) in [5.74, 6) is -0.600. The summed E-state index contributed by atoms with van der Waals surface area (Å²) in [5, 5.41) is -0.0228. The minimum atomic E-state index is -0.600. The fourth-order valence-corrected chi connectivity index (χ4v) is 4.58. The number of nitrogens with zero attached hydrogens (tertiary/aromatic N) is 5. The third kappa shape index (κ3) is 4.50. The van der Waals surface area contributed by atoms with E-state index in [1.807, 2.05) is 56.6 Å². The predicted molar refractivity (Wildman–Crippen MR) is 131 cm³/mol. The van der Waals surface area contributed by atoms with Gasteiger partial charge in [-0.2, -0.15) is 0 Å². The number of hydrogen-bond acceptors (Lipinski definition) is 5. The topological polar surface area (TPSA) is 81.7 Å². The Morgan fingerprint density at radius 1 is 1.11 bits per heavy atom. The van der Waals surface area contributed by atoms with Crippen molar-refractivity contribution in [3.05, 3.63) is 64.9 Å². The maximum atomic E-state index is 15.2. The SMILES string of the molecule is Cc1cn2cc(-c3cc(F)c4c(=O)n(C5CCN(C(=O)OC(C)(C)C)CC5)cnc4c3)ccc2n1. The van der Waals surface area contributed by atoms with Gasteiger partial charge in [0.2, 0.25) is 0 Å². The largest absolute Gasteiger partial charge is 0.444 e. The van der Waals surface area contributed by atoms with Crippen LogP contribution in [0.1, 0.15) is 45.3 Å². The molecule has 0 radical (unpaired) electrons. The Labute approximate surface area is 202 Å². The molecule has 0 unspecified atom stereocenters. The highest BCUT2D eigenvalue weighted by molar-refractivity contribution is 5.84. The monoisotopic (exact) mass is 477 g/mol. The lowest BCUT2D eigenvalue weighted by atomic mass is 10.0. The van der Waals surface area contributed by atoms with Crippen LogP contribution in [0.4, 0.5) is 9.18 Å². The quantitative estimate of drug-likeness (QED) is 0.417. The molecule has 0 spiro atoms. The number of aryl methyl sites for hydroxylation is 1. The van der Waals surface area contributed by atoms with Crippen molar-refractivity contribution in [2.75, 3.05) is 13.1 Å². The zero-order chi connectivity index (χ0) is 24.9. The number of pyridine rings is 1. The zero-order valence-corrected chi connectivity index (χ0v) is 20.3. The van der Waals surface area contributed by atoms with Gasteiger partial charge in [-0.15, -0.1) is 0 Å².